The number of hydrogen-bond acceptors (Lipinski definition) is 2. The van der Waals surface area contributed by atoms with Crippen LogP contribution in [0.25, 0.3) is 33.4 Å². The van der Waals surface area contributed by atoms with E-state index in [1.54, 1.807) is 7.11 Å². The Bertz CT molecular complexity index is 1810. The molecule has 6 rings (SSSR count). The van der Waals surface area contributed by atoms with Crippen molar-refractivity contribution < 1.29 is 9.47 Å². The van der Waals surface area contributed by atoms with Crippen LogP contribution in [0.5, 0.6) is 11.5 Å². The molecule has 1 aliphatic carbocycles. The monoisotopic (exact) mass is 622 g/mol. The highest BCUT2D eigenvalue weighted by Gasteiger charge is 2.45. The summed E-state index contributed by atoms with van der Waals surface area (Å²) in [4.78, 5) is 0. The molecule has 2 nitrogen and oxygen atoms in total. The van der Waals surface area contributed by atoms with E-state index >= 15 is 0 Å². The number of hydrogen-bond donors (Lipinski definition) is 0. The summed E-state index contributed by atoms with van der Waals surface area (Å²) in [5.41, 5.74) is 14.3. The van der Waals surface area contributed by atoms with Crippen molar-refractivity contribution in [3.63, 3.8) is 0 Å². The maximum atomic E-state index is 6.63. The Balaban J connectivity index is 1.61. The summed E-state index contributed by atoms with van der Waals surface area (Å²) < 4.78 is 12.6. The van der Waals surface area contributed by atoms with Gasteiger partial charge in [0, 0.05) is 11.1 Å². The Morgan fingerprint density at radius 3 is 1.61 bits per heavy atom. The molecule has 0 heterocycles. The van der Waals surface area contributed by atoms with Gasteiger partial charge in [-0.15, -0.1) is 0 Å². The highest BCUT2D eigenvalue weighted by molar-refractivity contribution is 6.92. The normalized spacial score (nSPS) is 12.9. The minimum absolute atomic E-state index is 0.132. The quantitative estimate of drug-likeness (QED) is 0.127. The van der Waals surface area contributed by atoms with Crippen LogP contribution in [-0.2, 0) is 5.41 Å². The first-order chi connectivity index (χ1) is 21.9. The van der Waals surface area contributed by atoms with Crippen molar-refractivity contribution in [2.45, 2.75) is 58.7 Å². The van der Waals surface area contributed by atoms with Crippen LogP contribution in [0, 0.1) is 13.8 Å². The highest BCUT2D eigenvalue weighted by atomic mass is 28.3. The van der Waals surface area contributed by atoms with Gasteiger partial charge in [0.25, 0.3) is 0 Å². The van der Waals surface area contributed by atoms with Gasteiger partial charge in [0.05, 0.1) is 15.2 Å². The number of fused-ring (bicyclic) bond motifs is 3. The van der Waals surface area contributed by atoms with Gasteiger partial charge in [-0.05, 0) is 81.1 Å². The van der Waals surface area contributed by atoms with E-state index in [-0.39, 0.29) is 11.0 Å². The van der Waals surface area contributed by atoms with E-state index in [1.807, 2.05) is 6.08 Å². The molecule has 0 saturated heterocycles. The molecule has 0 spiro atoms. The molecule has 46 heavy (non-hydrogen) atoms. The lowest BCUT2D eigenvalue weighted by molar-refractivity contribution is 0.351. The van der Waals surface area contributed by atoms with E-state index in [0.29, 0.717) is 6.61 Å². The standard InChI is InChI=1S/C43H46O2Si/c1-10-23-45-41-39(43(4,5)6)26-34(44-7)27-40(41)46(8,9)42-37-24-32(30-15-11-28(2)12-16-30)19-21-35(37)36-22-20-33(25-38(36)42)31-17-13-29(3)14-18-31/h10-22,24-27,42H,1,23H2,2-9H3. The minimum atomic E-state index is -2.41. The zero-order valence-corrected chi connectivity index (χ0v) is 29.6. The summed E-state index contributed by atoms with van der Waals surface area (Å²) >= 11 is 0. The number of ether oxygens (including phenoxy) is 2. The zero-order valence-electron chi connectivity index (χ0n) is 28.6. The molecule has 0 atom stereocenters. The van der Waals surface area contributed by atoms with Gasteiger partial charge in [0.1, 0.15) is 18.1 Å². The van der Waals surface area contributed by atoms with Crippen molar-refractivity contribution in [2.75, 3.05) is 13.7 Å². The van der Waals surface area contributed by atoms with Gasteiger partial charge in [0.15, 0.2) is 0 Å². The first-order valence-electron chi connectivity index (χ1n) is 16.3. The Labute approximate surface area is 276 Å². The van der Waals surface area contributed by atoms with E-state index in [0.717, 1.165) is 11.5 Å². The van der Waals surface area contributed by atoms with Gasteiger partial charge in [-0.3, -0.25) is 0 Å². The van der Waals surface area contributed by atoms with Crippen molar-refractivity contribution in [2.24, 2.45) is 0 Å². The van der Waals surface area contributed by atoms with Crippen molar-refractivity contribution >= 4 is 13.3 Å². The summed E-state index contributed by atoms with van der Waals surface area (Å²) in [6.07, 6.45) is 1.84. The lowest BCUT2D eigenvalue weighted by atomic mass is 9.86. The summed E-state index contributed by atoms with van der Waals surface area (Å²) in [5, 5.41) is 1.28. The molecule has 5 aromatic carbocycles. The van der Waals surface area contributed by atoms with Crippen molar-refractivity contribution in [3.8, 4) is 44.9 Å². The van der Waals surface area contributed by atoms with E-state index in [4.69, 9.17) is 9.47 Å². The molecule has 0 fully saturated rings. The summed E-state index contributed by atoms with van der Waals surface area (Å²) in [6, 6.07) is 36.4. The van der Waals surface area contributed by atoms with Gasteiger partial charge < -0.3 is 9.47 Å². The van der Waals surface area contributed by atoms with Crippen LogP contribution < -0.4 is 14.7 Å². The third-order valence-electron chi connectivity index (χ3n) is 9.65. The van der Waals surface area contributed by atoms with Crippen molar-refractivity contribution in [1.82, 2.24) is 0 Å². The van der Waals surface area contributed by atoms with Crippen LogP contribution in [0.2, 0.25) is 13.1 Å². The molecule has 0 N–H and O–H groups in total. The fourth-order valence-electron chi connectivity index (χ4n) is 7.10. The Hall–Kier alpha value is -4.34. The van der Waals surface area contributed by atoms with Crippen LogP contribution >= 0.6 is 0 Å². The molecule has 3 heteroatoms. The second kappa shape index (κ2) is 12.1. The predicted molar refractivity (Wildman–Crippen MR) is 199 cm³/mol. The first kappa shape index (κ1) is 31.6. The van der Waals surface area contributed by atoms with Crippen molar-refractivity contribution in [1.29, 1.82) is 0 Å². The van der Waals surface area contributed by atoms with E-state index in [1.165, 1.54) is 66.4 Å². The average Bonchev–Trinajstić information content (AvgIpc) is 3.37. The third-order valence-corrected chi connectivity index (χ3v) is 13.5. The summed E-state index contributed by atoms with van der Waals surface area (Å²) in [7, 11) is -0.636. The van der Waals surface area contributed by atoms with Crippen LogP contribution in [0.15, 0.2) is 110 Å². The molecule has 0 aliphatic heterocycles. The second-order valence-corrected chi connectivity index (χ2v) is 19.0. The topological polar surface area (TPSA) is 18.5 Å². The average molecular weight is 623 g/mol. The fourth-order valence-corrected chi connectivity index (χ4v) is 10.7. The summed E-state index contributed by atoms with van der Waals surface area (Å²) in [6.45, 7) is 20.5. The zero-order chi connectivity index (χ0) is 32.8. The smallest absolute Gasteiger partial charge is 0.123 e. The van der Waals surface area contributed by atoms with Crippen LogP contribution in [0.1, 0.15) is 54.1 Å². The lowest BCUT2D eigenvalue weighted by Crippen LogP contribution is -2.49. The van der Waals surface area contributed by atoms with Gasteiger partial charge in [0.2, 0.25) is 0 Å². The number of aryl methyl sites for hydroxylation is 2. The lowest BCUT2D eigenvalue weighted by Gasteiger charge is -2.36. The van der Waals surface area contributed by atoms with Crippen LogP contribution in [0.3, 0.4) is 0 Å². The molecule has 0 radical (unpaired) electrons. The molecule has 0 saturated carbocycles. The maximum Gasteiger partial charge on any atom is 0.123 e. The second-order valence-electron chi connectivity index (χ2n) is 14.4. The van der Waals surface area contributed by atoms with Gasteiger partial charge in [-0.2, -0.15) is 0 Å². The van der Waals surface area contributed by atoms with Gasteiger partial charge in [-0.1, -0.05) is 143 Å². The molecule has 234 valence electrons. The Morgan fingerprint density at radius 2 is 1.17 bits per heavy atom. The summed E-state index contributed by atoms with van der Waals surface area (Å²) in [5.74, 6) is 1.87. The van der Waals surface area contributed by atoms with Crippen LogP contribution in [0.4, 0.5) is 0 Å². The Morgan fingerprint density at radius 1 is 0.696 bits per heavy atom. The van der Waals surface area contributed by atoms with E-state index < -0.39 is 8.07 Å². The van der Waals surface area contributed by atoms with Gasteiger partial charge in [-0.25, -0.2) is 0 Å². The molecule has 0 amide bonds. The molecular formula is C43H46O2Si. The maximum absolute atomic E-state index is 6.63. The van der Waals surface area contributed by atoms with E-state index in [9.17, 15) is 0 Å². The largest absolute Gasteiger partial charge is 0.497 e. The molecule has 0 aromatic heterocycles. The third kappa shape index (κ3) is 5.73. The molecule has 5 aromatic rings. The highest BCUT2D eigenvalue weighted by Crippen LogP contribution is 2.52. The molecule has 0 bridgehead atoms. The van der Waals surface area contributed by atoms with Gasteiger partial charge >= 0.3 is 0 Å². The molecular weight excluding hydrogens is 577 g/mol. The molecule has 1 aliphatic rings. The predicted octanol–water partition coefficient (Wildman–Crippen LogP) is 10.8. The minimum Gasteiger partial charge on any atom is -0.497 e. The fraction of sp³-hybridized carbons (Fsp3) is 0.256. The number of rotatable bonds is 8. The SMILES string of the molecule is C=CCOc1c(C(C)(C)C)cc(OC)cc1[Si](C)(C)C1c2cc(-c3ccc(C)cc3)ccc2-c2ccc(-c3ccc(C)cc3)cc21. The number of methoxy groups -OCH3 is 1. The van der Waals surface area contributed by atoms with Crippen molar-refractivity contribution in [3.05, 3.63) is 138 Å². The number of benzene rings is 5. The first-order valence-corrected chi connectivity index (χ1v) is 19.4. The molecule has 0 unspecified atom stereocenters. The Kier molecular flexibility index (Phi) is 8.33. The van der Waals surface area contributed by atoms with Crippen LogP contribution in [-0.4, -0.2) is 21.8 Å². The van der Waals surface area contributed by atoms with E-state index in [2.05, 4.69) is 151 Å².